The van der Waals surface area contributed by atoms with Gasteiger partial charge in [0.25, 0.3) is 0 Å². The minimum absolute atomic E-state index is 0.0431. The molecule has 1 aliphatic heterocycles. The van der Waals surface area contributed by atoms with Crippen molar-refractivity contribution in [3.8, 4) is 0 Å². The summed E-state index contributed by atoms with van der Waals surface area (Å²) in [7, 11) is -4.25. The quantitative estimate of drug-likeness (QED) is 0.361. The first kappa shape index (κ1) is 26.4. The summed E-state index contributed by atoms with van der Waals surface area (Å²) in [5, 5.41) is 12.0. The van der Waals surface area contributed by atoms with Crippen molar-refractivity contribution in [3.05, 3.63) is 52.0 Å². The molecule has 1 unspecified atom stereocenters. The highest BCUT2D eigenvalue weighted by Crippen LogP contribution is 2.40. The molecule has 1 saturated carbocycles. The van der Waals surface area contributed by atoms with Gasteiger partial charge in [0, 0.05) is 15.0 Å². The number of benzene rings is 1. The predicted octanol–water partition coefficient (Wildman–Crippen LogP) is 4.51. The maximum atomic E-state index is 13.0. The first-order chi connectivity index (χ1) is 17.3. The zero-order valence-electron chi connectivity index (χ0n) is 20.7. The number of thiophene rings is 1. The first-order valence-corrected chi connectivity index (χ1v) is 14.6. The van der Waals surface area contributed by atoms with Gasteiger partial charge < -0.3 is 14.4 Å². The molecule has 2 fully saturated rings. The highest BCUT2D eigenvalue weighted by atomic mass is 35.5. The van der Waals surface area contributed by atoms with Crippen LogP contribution in [-0.2, 0) is 19.3 Å². The molecule has 0 spiro atoms. The van der Waals surface area contributed by atoms with Crippen molar-refractivity contribution in [1.29, 1.82) is 0 Å². The molecule has 1 amide bonds. The number of hydrogen-bond acceptors (Lipinski definition) is 7. The fraction of sp³-hybridized carbons (Fsp3) is 0.417. The Labute approximate surface area is 224 Å². The number of aromatic nitrogens is 1. The summed E-state index contributed by atoms with van der Waals surface area (Å²) in [4.78, 5) is 16.2. The van der Waals surface area contributed by atoms with E-state index in [-0.39, 0.29) is 16.5 Å². The van der Waals surface area contributed by atoms with Crippen LogP contribution in [-0.4, -0.2) is 48.2 Å². The van der Waals surface area contributed by atoms with Gasteiger partial charge >= 0.3 is 13.2 Å². The van der Waals surface area contributed by atoms with Crippen LogP contribution >= 0.6 is 22.9 Å². The number of nitrogens with one attached hydrogen (secondary N) is 2. The van der Waals surface area contributed by atoms with E-state index in [1.54, 1.807) is 0 Å². The summed E-state index contributed by atoms with van der Waals surface area (Å²) >= 11 is 7.88. The van der Waals surface area contributed by atoms with E-state index in [1.165, 1.54) is 23.5 Å². The SMILES string of the molecule is CC1(C)OB(c2cccc3cc(C(NS(=O)(=O)C4CC4)c4nc(NC(=O)O)ccc4Cl)sc23)OC1(C)C. The first-order valence-electron chi connectivity index (χ1n) is 11.8. The smallest absolute Gasteiger partial charge is 0.465 e. The number of sulfonamides is 1. The van der Waals surface area contributed by atoms with Crippen LogP contribution in [0, 0.1) is 0 Å². The topological polar surface area (TPSA) is 127 Å². The van der Waals surface area contributed by atoms with Crippen molar-refractivity contribution in [3.63, 3.8) is 0 Å². The second-order valence-electron chi connectivity index (χ2n) is 10.3. The normalized spacial score (nSPS) is 19.8. The van der Waals surface area contributed by atoms with Gasteiger partial charge in [-0.15, -0.1) is 11.3 Å². The lowest BCUT2D eigenvalue weighted by atomic mass is 9.78. The molecule has 2 aliphatic rings. The van der Waals surface area contributed by atoms with Gasteiger partial charge in [0.05, 0.1) is 33.2 Å². The van der Waals surface area contributed by atoms with Gasteiger partial charge in [0.1, 0.15) is 5.82 Å². The lowest BCUT2D eigenvalue weighted by molar-refractivity contribution is 0.00578. The van der Waals surface area contributed by atoms with Crippen LogP contribution in [0.5, 0.6) is 0 Å². The molecule has 13 heteroatoms. The summed E-state index contributed by atoms with van der Waals surface area (Å²) in [6.45, 7) is 7.95. The molecule has 3 heterocycles. The Hall–Kier alpha value is -2.22. The van der Waals surface area contributed by atoms with Crippen LogP contribution in [0.2, 0.25) is 5.02 Å². The van der Waals surface area contributed by atoms with Gasteiger partial charge in [-0.05, 0) is 64.1 Å². The summed E-state index contributed by atoms with van der Waals surface area (Å²) in [6, 6.07) is 9.68. The molecule has 9 nitrogen and oxygen atoms in total. The monoisotopic (exact) mass is 563 g/mol. The van der Waals surface area contributed by atoms with Gasteiger partial charge in [0.2, 0.25) is 10.0 Å². The number of fused-ring (bicyclic) bond motifs is 1. The zero-order valence-corrected chi connectivity index (χ0v) is 23.1. The van der Waals surface area contributed by atoms with E-state index < -0.39 is 45.7 Å². The van der Waals surface area contributed by atoms with Gasteiger partial charge in [0.15, 0.2) is 0 Å². The Bertz CT molecular complexity index is 1470. The standard InChI is InChI=1S/C24H27BClN3O6S2/c1-23(2)24(3,4)35-25(34-23)15-7-5-6-13-12-17(36-21(13)15)20(29-37(32,33)14-8-9-14)19-16(26)10-11-18(27-19)28-22(30)31/h5-7,10-12,14,20,29H,8-9H2,1-4H3,(H,27,28)(H,30,31). The average Bonchev–Trinajstić information content (AvgIpc) is 3.53. The molecule has 0 bridgehead atoms. The Morgan fingerprint density at radius 2 is 1.86 bits per heavy atom. The fourth-order valence-corrected chi connectivity index (χ4v) is 7.17. The van der Waals surface area contributed by atoms with E-state index in [4.69, 9.17) is 26.0 Å². The van der Waals surface area contributed by atoms with E-state index >= 15 is 0 Å². The number of halogens is 1. The van der Waals surface area contributed by atoms with E-state index in [9.17, 15) is 13.2 Å². The molecule has 5 rings (SSSR count). The summed E-state index contributed by atoms with van der Waals surface area (Å²) < 4.78 is 42.3. The molecule has 196 valence electrons. The van der Waals surface area contributed by atoms with Crippen LogP contribution in [0.4, 0.5) is 10.6 Å². The highest BCUT2D eigenvalue weighted by molar-refractivity contribution is 7.90. The Kier molecular flexibility index (Phi) is 6.57. The lowest BCUT2D eigenvalue weighted by Crippen LogP contribution is -2.41. The third-order valence-corrected chi connectivity index (χ3v) is 10.5. The van der Waals surface area contributed by atoms with Crippen LogP contribution < -0.4 is 15.5 Å². The third kappa shape index (κ3) is 5.10. The molecule has 2 aromatic heterocycles. The van der Waals surface area contributed by atoms with Crippen molar-refractivity contribution in [2.75, 3.05) is 5.32 Å². The number of rotatable bonds is 7. The summed E-state index contributed by atoms with van der Waals surface area (Å²) in [6.07, 6.45) is -0.116. The number of amides is 1. The number of carbonyl (C=O) groups is 1. The molecule has 3 aromatic rings. The van der Waals surface area contributed by atoms with Crippen molar-refractivity contribution < 1.29 is 27.6 Å². The van der Waals surface area contributed by atoms with Crippen molar-refractivity contribution in [2.24, 2.45) is 0 Å². The third-order valence-electron chi connectivity index (χ3n) is 7.01. The minimum Gasteiger partial charge on any atom is -0.465 e. The van der Waals surface area contributed by atoms with Crippen molar-refractivity contribution >= 4 is 67.5 Å². The second kappa shape index (κ2) is 9.21. The number of anilines is 1. The summed E-state index contributed by atoms with van der Waals surface area (Å²) in [5.41, 5.74) is 0.0202. The highest BCUT2D eigenvalue weighted by Gasteiger charge is 2.52. The van der Waals surface area contributed by atoms with E-state index in [0.29, 0.717) is 17.7 Å². The van der Waals surface area contributed by atoms with Crippen LogP contribution in [0.25, 0.3) is 10.1 Å². The number of nitrogens with zero attached hydrogens (tertiary/aromatic N) is 1. The molecule has 3 N–H and O–H groups in total. The number of hydrogen-bond donors (Lipinski definition) is 3. The number of carboxylic acid groups (broad SMARTS) is 1. The zero-order chi connectivity index (χ0) is 26.8. The molecule has 1 saturated heterocycles. The van der Waals surface area contributed by atoms with Crippen molar-refractivity contribution in [2.45, 2.75) is 63.0 Å². The van der Waals surface area contributed by atoms with Gasteiger partial charge in [-0.25, -0.2) is 22.9 Å². The molecule has 1 aromatic carbocycles. The number of pyridine rings is 1. The average molecular weight is 564 g/mol. The minimum atomic E-state index is -3.66. The molecule has 1 atom stereocenters. The molecule has 37 heavy (non-hydrogen) atoms. The second-order valence-corrected chi connectivity index (χ2v) is 13.8. The van der Waals surface area contributed by atoms with Gasteiger partial charge in [-0.3, -0.25) is 5.32 Å². The molecule has 0 radical (unpaired) electrons. The van der Waals surface area contributed by atoms with Gasteiger partial charge in [-0.2, -0.15) is 0 Å². The van der Waals surface area contributed by atoms with E-state index in [2.05, 4.69) is 15.0 Å². The Balaban J connectivity index is 1.60. The Morgan fingerprint density at radius 1 is 1.19 bits per heavy atom. The lowest BCUT2D eigenvalue weighted by Gasteiger charge is -2.32. The van der Waals surface area contributed by atoms with Crippen LogP contribution in [0.3, 0.4) is 0 Å². The van der Waals surface area contributed by atoms with E-state index in [0.717, 1.165) is 15.5 Å². The predicted molar refractivity (Wildman–Crippen MR) is 145 cm³/mol. The van der Waals surface area contributed by atoms with Gasteiger partial charge in [-0.1, -0.05) is 29.8 Å². The van der Waals surface area contributed by atoms with Crippen LogP contribution in [0.15, 0.2) is 36.4 Å². The fourth-order valence-electron chi connectivity index (χ4n) is 4.13. The van der Waals surface area contributed by atoms with Crippen LogP contribution in [0.1, 0.15) is 57.1 Å². The maximum Gasteiger partial charge on any atom is 0.496 e. The largest absolute Gasteiger partial charge is 0.496 e. The maximum absolute atomic E-state index is 13.0. The molecular formula is C24H27BClN3O6S2. The molecule has 1 aliphatic carbocycles. The van der Waals surface area contributed by atoms with Crippen molar-refractivity contribution in [1.82, 2.24) is 9.71 Å². The molecular weight excluding hydrogens is 537 g/mol. The Morgan fingerprint density at radius 3 is 2.49 bits per heavy atom. The summed E-state index contributed by atoms with van der Waals surface area (Å²) in [5.74, 6) is 0.0431. The van der Waals surface area contributed by atoms with E-state index in [1.807, 2.05) is 52.0 Å².